The van der Waals surface area contributed by atoms with Crippen molar-refractivity contribution in [2.75, 3.05) is 6.61 Å². The maximum atomic E-state index is 10.8. The van der Waals surface area contributed by atoms with E-state index in [1.165, 1.54) is 35.3 Å². The monoisotopic (exact) mass is 270 g/mol. The summed E-state index contributed by atoms with van der Waals surface area (Å²) >= 11 is 1.49. The maximum Gasteiger partial charge on any atom is 0.160 e. The van der Waals surface area contributed by atoms with E-state index in [1.54, 1.807) is 0 Å². The smallest absolute Gasteiger partial charge is 0.160 e. The lowest BCUT2D eigenvalue weighted by Crippen LogP contribution is -2.26. The first kappa shape index (κ1) is 11.4. The number of benzene rings is 1. The summed E-state index contributed by atoms with van der Waals surface area (Å²) in [5.41, 5.74) is 4.12. The van der Waals surface area contributed by atoms with Gasteiger partial charge in [-0.1, -0.05) is 24.3 Å². The molecule has 1 saturated carbocycles. The molecule has 2 aliphatic rings. The molecule has 2 aromatic rings. The molecule has 2 nitrogen and oxygen atoms in total. The second-order valence-electron chi connectivity index (χ2n) is 5.46. The van der Waals surface area contributed by atoms with E-state index in [-0.39, 0.29) is 11.5 Å². The fourth-order valence-electron chi connectivity index (χ4n) is 3.03. The first-order valence-electron chi connectivity index (χ1n) is 6.57. The molecule has 1 unspecified atom stereocenters. The molecular weight excluding hydrogens is 256 g/mol. The summed E-state index contributed by atoms with van der Waals surface area (Å²) < 4.78 is 6.12. The van der Waals surface area contributed by atoms with E-state index in [1.807, 2.05) is 11.4 Å². The molecule has 96 valence electrons. The predicted molar refractivity (Wildman–Crippen MR) is 74.9 cm³/mol. The van der Waals surface area contributed by atoms with Gasteiger partial charge in [-0.3, -0.25) is 4.79 Å². The van der Waals surface area contributed by atoms with Gasteiger partial charge in [-0.15, -0.1) is 11.3 Å². The number of thiophene rings is 1. The summed E-state index contributed by atoms with van der Waals surface area (Å²) in [4.78, 5) is 11.6. The molecule has 1 aromatic heterocycles. The number of rotatable bonds is 2. The van der Waals surface area contributed by atoms with Gasteiger partial charge in [0.2, 0.25) is 0 Å². The van der Waals surface area contributed by atoms with E-state index in [0.717, 1.165) is 23.3 Å². The highest BCUT2D eigenvalue weighted by atomic mass is 32.1. The van der Waals surface area contributed by atoms with E-state index in [0.29, 0.717) is 0 Å². The van der Waals surface area contributed by atoms with Crippen molar-refractivity contribution >= 4 is 17.6 Å². The minimum Gasteiger partial charge on any atom is -0.368 e. The number of hydrogen-bond donors (Lipinski definition) is 0. The highest BCUT2D eigenvalue weighted by Gasteiger charge is 2.49. The molecule has 1 aliphatic carbocycles. The first-order chi connectivity index (χ1) is 9.32. The molecule has 19 heavy (non-hydrogen) atoms. The Bertz CT molecular complexity index is 640. The van der Waals surface area contributed by atoms with Crippen LogP contribution in [0.1, 0.15) is 45.3 Å². The van der Waals surface area contributed by atoms with Crippen LogP contribution in [-0.2, 0) is 10.2 Å². The van der Waals surface area contributed by atoms with E-state index in [9.17, 15) is 4.79 Å². The van der Waals surface area contributed by atoms with Crippen molar-refractivity contribution in [1.29, 1.82) is 0 Å². The van der Waals surface area contributed by atoms with E-state index < -0.39 is 0 Å². The summed E-state index contributed by atoms with van der Waals surface area (Å²) in [6, 6.07) is 10.5. The van der Waals surface area contributed by atoms with E-state index in [2.05, 4.69) is 24.3 Å². The zero-order chi connectivity index (χ0) is 12.9. The Morgan fingerprint density at radius 3 is 2.89 bits per heavy atom. The summed E-state index contributed by atoms with van der Waals surface area (Å²) in [5, 5.41) is 2.04. The number of carbonyl (C=O) groups excluding carboxylic acids is 1. The van der Waals surface area contributed by atoms with Crippen LogP contribution in [0.5, 0.6) is 0 Å². The second kappa shape index (κ2) is 4.02. The Kier molecular flexibility index (Phi) is 2.41. The van der Waals surface area contributed by atoms with Crippen molar-refractivity contribution in [3.63, 3.8) is 0 Å². The third kappa shape index (κ3) is 1.69. The van der Waals surface area contributed by atoms with Crippen LogP contribution in [-0.4, -0.2) is 12.9 Å². The van der Waals surface area contributed by atoms with Crippen LogP contribution < -0.4 is 0 Å². The molecule has 4 rings (SSSR count). The Balaban J connectivity index is 1.80. The lowest BCUT2D eigenvalue weighted by molar-refractivity contribution is 0.0470. The number of hydrogen-bond acceptors (Lipinski definition) is 3. The first-order valence-corrected chi connectivity index (χ1v) is 7.45. The van der Waals surface area contributed by atoms with Gasteiger partial charge < -0.3 is 4.74 Å². The highest BCUT2D eigenvalue weighted by Crippen LogP contribution is 2.54. The summed E-state index contributed by atoms with van der Waals surface area (Å²) in [5.74, 6) is 0. The third-order valence-electron chi connectivity index (χ3n) is 4.25. The summed E-state index contributed by atoms with van der Waals surface area (Å²) in [7, 11) is 0. The largest absolute Gasteiger partial charge is 0.368 e. The van der Waals surface area contributed by atoms with Crippen molar-refractivity contribution in [3.8, 4) is 0 Å². The van der Waals surface area contributed by atoms with Gasteiger partial charge in [0.15, 0.2) is 6.29 Å². The molecule has 2 heterocycles. The molecule has 0 bridgehead atoms. The molecule has 0 saturated heterocycles. The maximum absolute atomic E-state index is 10.8. The predicted octanol–water partition coefficient (Wildman–Crippen LogP) is 3.71. The standard InChI is InChI=1S/C16H14O2S/c17-8-12-7-11(9-19-12)15-13-3-1-2-4-14(13)16(5-6-16)10-18-15/h1-4,7-9,15H,5-6,10H2. The summed E-state index contributed by atoms with van der Waals surface area (Å²) in [6.07, 6.45) is 3.37. The number of carbonyl (C=O) groups is 1. The Labute approximate surface area is 116 Å². The molecule has 1 spiro atoms. The third-order valence-corrected chi connectivity index (χ3v) is 5.13. The Hall–Kier alpha value is -1.45. The van der Waals surface area contributed by atoms with Gasteiger partial charge in [0.1, 0.15) is 6.10 Å². The average Bonchev–Trinajstić information content (AvgIpc) is 3.07. The van der Waals surface area contributed by atoms with Crippen LogP contribution >= 0.6 is 11.3 Å². The fraction of sp³-hybridized carbons (Fsp3) is 0.312. The zero-order valence-corrected chi connectivity index (χ0v) is 11.3. The second-order valence-corrected chi connectivity index (χ2v) is 6.40. The van der Waals surface area contributed by atoms with Crippen molar-refractivity contribution < 1.29 is 9.53 Å². The summed E-state index contributed by atoms with van der Waals surface area (Å²) in [6.45, 7) is 0.806. The fourth-order valence-corrected chi connectivity index (χ4v) is 3.75. The Morgan fingerprint density at radius 2 is 2.16 bits per heavy atom. The molecule has 0 N–H and O–H groups in total. The van der Waals surface area contributed by atoms with E-state index >= 15 is 0 Å². The molecule has 1 fully saturated rings. The molecule has 1 atom stereocenters. The van der Waals surface area contributed by atoms with Gasteiger partial charge in [0, 0.05) is 5.41 Å². The van der Waals surface area contributed by atoms with Crippen LogP contribution in [0, 0.1) is 0 Å². The molecule has 1 aliphatic heterocycles. The van der Waals surface area contributed by atoms with Gasteiger partial charge in [0.25, 0.3) is 0 Å². The number of aldehydes is 1. The topological polar surface area (TPSA) is 26.3 Å². The van der Waals surface area contributed by atoms with Crippen LogP contribution in [0.25, 0.3) is 0 Å². The number of fused-ring (bicyclic) bond motifs is 2. The van der Waals surface area contributed by atoms with Crippen molar-refractivity contribution in [1.82, 2.24) is 0 Å². The Morgan fingerprint density at radius 1 is 1.32 bits per heavy atom. The van der Waals surface area contributed by atoms with Crippen LogP contribution in [0.4, 0.5) is 0 Å². The normalized spacial score (nSPS) is 23.1. The quantitative estimate of drug-likeness (QED) is 0.778. The molecular formula is C16H14O2S. The van der Waals surface area contributed by atoms with Gasteiger partial charge in [0.05, 0.1) is 11.5 Å². The average molecular weight is 270 g/mol. The highest BCUT2D eigenvalue weighted by molar-refractivity contribution is 7.11. The van der Waals surface area contributed by atoms with Crippen LogP contribution in [0.2, 0.25) is 0 Å². The van der Waals surface area contributed by atoms with Crippen molar-refractivity contribution in [2.45, 2.75) is 24.4 Å². The molecule has 1 aromatic carbocycles. The van der Waals surface area contributed by atoms with Crippen LogP contribution in [0.15, 0.2) is 35.7 Å². The van der Waals surface area contributed by atoms with Gasteiger partial charge >= 0.3 is 0 Å². The van der Waals surface area contributed by atoms with E-state index in [4.69, 9.17) is 4.74 Å². The van der Waals surface area contributed by atoms with Crippen molar-refractivity contribution in [3.05, 3.63) is 57.3 Å². The van der Waals surface area contributed by atoms with Gasteiger partial charge in [-0.25, -0.2) is 0 Å². The van der Waals surface area contributed by atoms with Gasteiger partial charge in [-0.05, 0) is 41.0 Å². The van der Waals surface area contributed by atoms with Crippen LogP contribution in [0.3, 0.4) is 0 Å². The SMILES string of the molecule is O=Cc1cc(C2OCC3(CC3)c3ccccc32)cs1. The molecule has 3 heteroatoms. The molecule has 0 radical (unpaired) electrons. The number of ether oxygens (including phenoxy) is 1. The lowest BCUT2D eigenvalue weighted by Gasteiger charge is -2.32. The molecule has 0 amide bonds. The lowest BCUT2D eigenvalue weighted by atomic mass is 9.85. The van der Waals surface area contributed by atoms with Crippen molar-refractivity contribution in [2.24, 2.45) is 0 Å². The minimum absolute atomic E-state index is 0.00706. The minimum atomic E-state index is -0.00706. The zero-order valence-electron chi connectivity index (χ0n) is 10.5. The van der Waals surface area contributed by atoms with Gasteiger partial charge in [-0.2, -0.15) is 0 Å².